The summed E-state index contributed by atoms with van der Waals surface area (Å²) < 4.78 is 5.86. The van der Waals surface area contributed by atoms with Gasteiger partial charge in [0.2, 0.25) is 11.8 Å². The van der Waals surface area contributed by atoms with Crippen molar-refractivity contribution in [1.29, 1.82) is 0 Å². The molecule has 10 heteroatoms. The van der Waals surface area contributed by atoms with E-state index < -0.39 is 11.3 Å². The van der Waals surface area contributed by atoms with Gasteiger partial charge in [0.25, 0.3) is 0 Å². The molecule has 1 aromatic carbocycles. The number of ether oxygens (including phenoxy) is 1. The van der Waals surface area contributed by atoms with Crippen LogP contribution in [-0.2, 0) is 4.79 Å². The summed E-state index contributed by atoms with van der Waals surface area (Å²) in [6.07, 6.45) is 5.40. The number of aryl methyl sites for hydroxylation is 1. The number of rotatable bonds is 5. The Kier molecular flexibility index (Phi) is 6.21. The van der Waals surface area contributed by atoms with E-state index in [4.69, 9.17) is 4.74 Å². The molecule has 3 atom stereocenters. The van der Waals surface area contributed by atoms with Crippen molar-refractivity contribution in [3.8, 4) is 11.6 Å². The fourth-order valence-electron chi connectivity index (χ4n) is 5.30. The number of thioether (sulfide) groups is 1. The van der Waals surface area contributed by atoms with Gasteiger partial charge in [-0.15, -0.1) is 0 Å². The number of urea groups is 1. The Hall–Kier alpha value is -3.63. The normalized spacial score (nSPS) is 22.8. The van der Waals surface area contributed by atoms with Crippen molar-refractivity contribution in [2.75, 3.05) is 25.0 Å². The Morgan fingerprint density at radius 2 is 2.05 bits per heavy atom. The minimum Gasteiger partial charge on any atom is -0.439 e. The summed E-state index contributed by atoms with van der Waals surface area (Å²) in [7, 11) is 2.07. The maximum Gasteiger partial charge on any atom is 0.327 e. The standard InChI is InChI=1S/C27H28N6O3S/c1-16-14-18(36-21-7-3-4-11-28-21)8-9-19(16)33-20-10-12-29-26-22(20)23(31-27(33)35)24(37-26)25(34)30-17-6-5-13-32(2)15-17/h3-4,7-12,14,17,23-24H,5-6,13,15H2,1-2H3,(H,30,34)(H,31,35)/t17?,23?,24-/m1/s1. The monoisotopic (exact) mass is 516 g/mol. The molecule has 5 heterocycles. The molecule has 37 heavy (non-hydrogen) atoms. The molecule has 2 N–H and O–H groups in total. The molecule has 190 valence electrons. The molecule has 0 spiro atoms. The van der Waals surface area contributed by atoms with E-state index in [1.165, 1.54) is 11.8 Å². The highest BCUT2D eigenvalue weighted by atomic mass is 32.2. The lowest BCUT2D eigenvalue weighted by Crippen LogP contribution is -2.52. The van der Waals surface area contributed by atoms with Crippen LogP contribution in [0.2, 0.25) is 0 Å². The van der Waals surface area contributed by atoms with Gasteiger partial charge >= 0.3 is 6.03 Å². The second-order valence-corrected chi connectivity index (χ2v) is 10.8. The van der Waals surface area contributed by atoms with Crippen molar-refractivity contribution in [3.05, 3.63) is 66.0 Å². The molecule has 2 unspecified atom stereocenters. The molecule has 3 amide bonds. The summed E-state index contributed by atoms with van der Waals surface area (Å²) in [6, 6.07) is 12.3. The molecule has 3 aliphatic rings. The highest BCUT2D eigenvalue weighted by molar-refractivity contribution is 8.01. The first-order chi connectivity index (χ1) is 18.0. The molecular formula is C27H28N6O3S. The second-order valence-electron chi connectivity index (χ2n) is 9.68. The number of anilines is 2. The van der Waals surface area contributed by atoms with Gasteiger partial charge in [0, 0.05) is 36.6 Å². The van der Waals surface area contributed by atoms with E-state index in [-0.39, 0.29) is 18.0 Å². The third-order valence-corrected chi connectivity index (χ3v) is 8.29. The number of amides is 3. The van der Waals surface area contributed by atoms with Gasteiger partial charge in [0.1, 0.15) is 16.0 Å². The summed E-state index contributed by atoms with van der Waals surface area (Å²) in [5.41, 5.74) is 3.25. The van der Waals surface area contributed by atoms with Gasteiger partial charge in [0.05, 0.1) is 17.4 Å². The van der Waals surface area contributed by atoms with E-state index in [0.29, 0.717) is 11.6 Å². The van der Waals surface area contributed by atoms with Crippen LogP contribution in [0.5, 0.6) is 11.6 Å². The van der Waals surface area contributed by atoms with Crippen LogP contribution in [0.4, 0.5) is 16.2 Å². The number of likely N-dealkylation sites (tertiary alicyclic amines) is 1. The summed E-state index contributed by atoms with van der Waals surface area (Å²) >= 11 is 1.42. The Morgan fingerprint density at radius 3 is 2.84 bits per heavy atom. The number of carbonyl (C=O) groups is 2. The van der Waals surface area contributed by atoms with Crippen LogP contribution >= 0.6 is 11.8 Å². The van der Waals surface area contributed by atoms with Crippen LogP contribution in [-0.4, -0.2) is 58.2 Å². The van der Waals surface area contributed by atoms with Crippen molar-refractivity contribution >= 4 is 35.1 Å². The highest BCUT2D eigenvalue weighted by Crippen LogP contribution is 2.51. The van der Waals surface area contributed by atoms with Crippen LogP contribution in [0.3, 0.4) is 0 Å². The van der Waals surface area contributed by atoms with E-state index in [9.17, 15) is 9.59 Å². The third-order valence-electron chi connectivity index (χ3n) is 7.00. The molecule has 2 aromatic heterocycles. The number of pyridine rings is 2. The number of hydrogen-bond donors (Lipinski definition) is 2. The number of hydrogen-bond acceptors (Lipinski definition) is 7. The number of nitrogens with zero attached hydrogens (tertiary/aromatic N) is 4. The molecule has 3 aliphatic heterocycles. The number of likely N-dealkylation sites (N-methyl/N-ethyl adjacent to an activating group) is 1. The molecule has 0 radical (unpaired) electrons. The SMILES string of the molecule is Cc1cc(Oc2ccccn2)ccc1N1C(=O)NC2c3c1ccnc3S[C@H]2C(=O)NC1CCCN(C)C1. The van der Waals surface area contributed by atoms with Crippen molar-refractivity contribution in [3.63, 3.8) is 0 Å². The summed E-state index contributed by atoms with van der Waals surface area (Å²) in [6.45, 7) is 3.82. The molecule has 0 bridgehead atoms. The second kappa shape index (κ2) is 9.68. The lowest BCUT2D eigenvalue weighted by atomic mass is 9.98. The van der Waals surface area contributed by atoms with Crippen LogP contribution in [0.1, 0.15) is 30.0 Å². The van der Waals surface area contributed by atoms with Gasteiger partial charge in [-0.2, -0.15) is 0 Å². The van der Waals surface area contributed by atoms with Gasteiger partial charge in [-0.1, -0.05) is 17.8 Å². The third kappa shape index (κ3) is 4.51. The Balaban J connectivity index is 1.26. The molecule has 6 rings (SSSR count). The summed E-state index contributed by atoms with van der Waals surface area (Å²) in [4.78, 5) is 39.5. The zero-order chi connectivity index (χ0) is 25.5. The average molecular weight is 517 g/mol. The summed E-state index contributed by atoms with van der Waals surface area (Å²) in [5, 5.41) is 6.63. The van der Waals surface area contributed by atoms with Gasteiger partial charge in [-0.3, -0.25) is 9.69 Å². The first kappa shape index (κ1) is 23.7. The molecule has 1 saturated heterocycles. The van der Waals surface area contributed by atoms with Crippen molar-refractivity contribution in [2.45, 2.75) is 42.1 Å². The zero-order valence-electron chi connectivity index (χ0n) is 20.7. The van der Waals surface area contributed by atoms with Crippen molar-refractivity contribution in [2.24, 2.45) is 0 Å². The van der Waals surface area contributed by atoms with Crippen LogP contribution in [0.25, 0.3) is 0 Å². The number of nitrogens with one attached hydrogen (secondary N) is 2. The number of benzene rings is 1. The Morgan fingerprint density at radius 1 is 1.16 bits per heavy atom. The van der Waals surface area contributed by atoms with Crippen LogP contribution in [0.15, 0.2) is 59.9 Å². The van der Waals surface area contributed by atoms with E-state index in [1.54, 1.807) is 23.4 Å². The Bertz CT molecular complexity index is 1350. The summed E-state index contributed by atoms with van der Waals surface area (Å²) in [5.74, 6) is 1.08. The Labute approximate surface area is 219 Å². The van der Waals surface area contributed by atoms with Crippen LogP contribution in [0, 0.1) is 6.92 Å². The first-order valence-corrected chi connectivity index (χ1v) is 13.3. The highest BCUT2D eigenvalue weighted by Gasteiger charge is 2.47. The lowest BCUT2D eigenvalue weighted by Gasteiger charge is -2.35. The van der Waals surface area contributed by atoms with Crippen LogP contribution < -0.4 is 20.3 Å². The van der Waals surface area contributed by atoms with Gasteiger partial charge in [0.15, 0.2) is 0 Å². The topological polar surface area (TPSA) is 99.7 Å². The smallest absolute Gasteiger partial charge is 0.327 e. The minimum absolute atomic E-state index is 0.0554. The largest absolute Gasteiger partial charge is 0.439 e. The predicted octanol–water partition coefficient (Wildman–Crippen LogP) is 4.16. The van der Waals surface area contributed by atoms with Gasteiger partial charge in [-0.25, -0.2) is 14.8 Å². The predicted molar refractivity (Wildman–Crippen MR) is 141 cm³/mol. The maximum absolute atomic E-state index is 13.5. The molecule has 9 nitrogen and oxygen atoms in total. The van der Waals surface area contributed by atoms with Crippen molar-refractivity contribution < 1.29 is 14.3 Å². The minimum atomic E-state index is -0.461. The van der Waals surface area contributed by atoms with E-state index in [1.807, 2.05) is 43.3 Å². The molecule has 3 aromatic rings. The first-order valence-electron chi connectivity index (χ1n) is 12.4. The fourth-order valence-corrected chi connectivity index (χ4v) is 6.54. The van der Waals surface area contributed by atoms with E-state index in [2.05, 4.69) is 32.5 Å². The molecule has 0 saturated carbocycles. The molecular weight excluding hydrogens is 488 g/mol. The number of piperidine rings is 1. The quantitative estimate of drug-likeness (QED) is 0.525. The van der Waals surface area contributed by atoms with E-state index >= 15 is 0 Å². The zero-order valence-corrected chi connectivity index (χ0v) is 21.5. The lowest BCUT2D eigenvalue weighted by molar-refractivity contribution is -0.122. The number of aromatic nitrogens is 2. The van der Waals surface area contributed by atoms with Gasteiger partial charge in [-0.05, 0) is 69.3 Å². The molecule has 0 aliphatic carbocycles. The average Bonchev–Trinajstić information content (AvgIpc) is 3.25. The van der Waals surface area contributed by atoms with Gasteiger partial charge < -0.3 is 20.3 Å². The fraction of sp³-hybridized carbons (Fsp3) is 0.333. The number of carbonyl (C=O) groups excluding carboxylic acids is 2. The maximum atomic E-state index is 13.5. The van der Waals surface area contributed by atoms with Crippen molar-refractivity contribution in [1.82, 2.24) is 25.5 Å². The van der Waals surface area contributed by atoms with E-state index in [0.717, 1.165) is 53.5 Å². The molecule has 1 fully saturated rings.